The molecule has 5 N–H and O–H groups in total. The van der Waals surface area contributed by atoms with Crippen LogP contribution in [0.15, 0.2) is 11.0 Å². The molecular formula is C13H24N3O13P3S. The van der Waals surface area contributed by atoms with Crippen LogP contribution in [0, 0.1) is 6.92 Å². The number of hydrogen-bond acceptors (Lipinski definition) is 15. The number of thioether (sulfide) groups is 1. The SMILES string of the molecule is COP(=O)(O)OP(=O)(OC)OP(=O)(OC)OC[C@H]1S[C@@H](n2cc(C)c(N)nc2=O)[C@H](O)[C@@H]1O. The molecule has 1 aromatic rings. The minimum atomic E-state index is -4.98. The van der Waals surface area contributed by atoms with Crippen molar-refractivity contribution in [3.63, 3.8) is 0 Å². The zero-order valence-electron chi connectivity index (χ0n) is 17.7. The Labute approximate surface area is 192 Å². The number of nitrogens with zero attached hydrogens (tertiary/aromatic N) is 2. The first kappa shape index (κ1) is 28.6. The van der Waals surface area contributed by atoms with Crippen molar-refractivity contribution >= 4 is 41.0 Å². The number of rotatable bonds is 11. The highest BCUT2D eigenvalue weighted by Gasteiger charge is 2.48. The van der Waals surface area contributed by atoms with E-state index in [-0.39, 0.29) is 5.82 Å². The molecule has 7 atom stereocenters. The van der Waals surface area contributed by atoms with Crippen LogP contribution < -0.4 is 11.4 Å². The van der Waals surface area contributed by atoms with Gasteiger partial charge in [0.1, 0.15) is 17.3 Å². The normalized spacial score (nSPS) is 28.7. The van der Waals surface area contributed by atoms with Gasteiger partial charge in [0.25, 0.3) is 0 Å². The molecule has 16 nitrogen and oxygen atoms in total. The number of nitrogen functional groups attached to an aromatic ring is 1. The fourth-order valence-electron chi connectivity index (χ4n) is 2.50. The standard InChI is InChI=1S/C13H24N3O13P3S/c1-7-5-16(13(19)15-11(7)14)12-10(18)9(17)8(33-12)6-27-31(22,25-3)29-32(23,26-4)28-30(20,21)24-2/h5,8-10,12,17-18H,6H2,1-4H3,(H,20,21)(H2,14,15,19)/t8-,9-,10-,12-,31?,32?/m1/s1. The molecule has 33 heavy (non-hydrogen) atoms. The monoisotopic (exact) mass is 555 g/mol. The molecule has 0 amide bonds. The number of anilines is 1. The number of aliphatic hydroxyl groups excluding tert-OH is 2. The van der Waals surface area contributed by atoms with Gasteiger partial charge < -0.3 is 20.8 Å². The van der Waals surface area contributed by atoms with E-state index in [1.165, 1.54) is 6.20 Å². The second kappa shape index (κ2) is 11.0. The summed E-state index contributed by atoms with van der Waals surface area (Å²) in [6, 6.07) is 0. The first-order valence-electron chi connectivity index (χ1n) is 8.84. The highest BCUT2D eigenvalue weighted by atomic mass is 32.2. The zero-order valence-corrected chi connectivity index (χ0v) is 21.2. The second-order valence-electron chi connectivity index (χ2n) is 6.42. The van der Waals surface area contributed by atoms with Crippen LogP contribution in [0.3, 0.4) is 0 Å². The van der Waals surface area contributed by atoms with Gasteiger partial charge in [-0.1, -0.05) is 0 Å². The lowest BCUT2D eigenvalue weighted by Crippen LogP contribution is -2.36. The number of aliphatic hydroxyl groups is 2. The third-order valence-electron chi connectivity index (χ3n) is 4.26. The summed E-state index contributed by atoms with van der Waals surface area (Å²) in [6.07, 6.45) is -1.56. The third-order valence-corrected chi connectivity index (χ3v) is 10.9. The summed E-state index contributed by atoms with van der Waals surface area (Å²) in [5.41, 5.74) is 5.29. The molecule has 0 aromatic carbocycles. The molecule has 1 aliphatic rings. The lowest BCUT2D eigenvalue weighted by atomic mass is 10.1. The van der Waals surface area contributed by atoms with E-state index in [0.717, 1.165) is 37.7 Å². The molecular weight excluding hydrogens is 531 g/mol. The predicted octanol–water partition coefficient (Wildman–Crippen LogP) is 0.775. The summed E-state index contributed by atoms with van der Waals surface area (Å²) in [5, 5.41) is 18.8. The van der Waals surface area contributed by atoms with Crippen LogP contribution in [0.25, 0.3) is 0 Å². The van der Waals surface area contributed by atoms with E-state index in [1.54, 1.807) is 6.92 Å². The average Bonchev–Trinajstić information content (AvgIpc) is 3.03. The van der Waals surface area contributed by atoms with Crippen LogP contribution in [-0.2, 0) is 40.4 Å². The van der Waals surface area contributed by atoms with Crippen molar-refractivity contribution < 1.29 is 55.5 Å². The van der Waals surface area contributed by atoms with Gasteiger partial charge >= 0.3 is 29.2 Å². The summed E-state index contributed by atoms with van der Waals surface area (Å²) in [6.45, 7) is 0.990. The second-order valence-corrected chi connectivity index (χ2v) is 13.2. The Morgan fingerprint density at radius 1 is 1.09 bits per heavy atom. The first-order chi connectivity index (χ1) is 15.2. The van der Waals surface area contributed by atoms with E-state index in [2.05, 4.69) is 27.2 Å². The Kier molecular flexibility index (Phi) is 9.50. The number of hydrogen-bond donors (Lipinski definition) is 4. The van der Waals surface area contributed by atoms with Gasteiger partial charge in [-0.05, 0) is 6.92 Å². The van der Waals surface area contributed by atoms with Crippen molar-refractivity contribution in [1.29, 1.82) is 0 Å². The van der Waals surface area contributed by atoms with E-state index < -0.39 is 58.6 Å². The fourth-order valence-corrected chi connectivity index (χ4v) is 8.11. The van der Waals surface area contributed by atoms with Crippen molar-refractivity contribution in [2.75, 3.05) is 33.7 Å². The van der Waals surface area contributed by atoms with Gasteiger partial charge in [-0.2, -0.15) is 13.6 Å². The van der Waals surface area contributed by atoms with Gasteiger partial charge in [0, 0.05) is 33.1 Å². The highest BCUT2D eigenvalue weighted by Crippen LogP contribution is 2.71. The maximum atomic E-state index is 12.7. The maximum Gasteiger partial charge on any atom is 0.492 e. The smallest absolute Gasteiger partial charge is 0.389 e. The quantitative estimate of drug-likeness (QED) is 0.276. The molecule has 1 saturated heterocycles. The molecule has 0 bridgehead atoms. The summed E-state index contributed by atoms with van der Waals surface area (Å²) in [7, 11) is -12.2. The topological polar surface area (TPSA) is 228 Å². The summed E-state index contributed by atoms with van der Waals surface area (Å²) in [5.74, 6) is 0.0121. The number of aromatic nitrogens is 2. The van der Waals surface area contributed by atoms with Gasteiger partial charge in [0.15, 0.2) is 0 Å². The Bertz CT molecular complexity index is 1050. The number of phosphoric acid groups is 3. The Morgan fingerprint density at radius 2 is 1.70 bits per heavy atom. The summed E-state index contributed by atoms with van der Waals surface area (Å²) < 4.78 is 64.8. The van der Waals surface area contributed by atoms with Crippen LogP contribution in [-0.4, -0.2) is 70.1 Å². The van der Waals surface area contributed by atoms with Crippen molar-refractivity contribution in [1.82, 2.24) is 9.55 Å². The van der Waals surface area contributed by atoms with Crippen molar-refractivity contribution in [2.24, 2.45) is 0 Å². The number of nitrogens with two attached hydrogens (primary N) is 1. The molecule has 20 heteroatoms. The van der Waals surface area contributed by atoms with E-state index in [4.69, 9.17) is 10.3 Å². The maximum absolute atomic E-state index is 12.7. The Balaban J connectivity index is 2.16. The Hall–Kier alpha value is -0.640. The van der Waals surface area contributed by atoms with E-state index in [1.807, 2.05) is 0 Å². The van der Waals surface area contributed by atoms with Gasteiger partial charge in [-0.25, -0.2) is 18.5 Å². The summed E-state index contributed by atoms with van der Waals surface area (Å²) >= 11 is 0.886. The van der Waals surface area contributed by atoms with E-state index in [9.17, 15) is 33.6 Å². The molecule has 0 aliphatic carbocycles. The lowest BCUT2D eigenvalue weighted by molar-refractivity contribution is 0.00953. The number of phosphoric ester groups is 2. The highest BCUT2D eigenvalue weighted by molar-refractivity contribution is 8.00. The van der Waals surface area contributed by atoms with Crippen LogP contribution in [0.1, 0.15) is 10.9 Å². The zero-order chi connectivity index (χ0) is 25.2. The largest absolute Gasteiger partial charge is 0.492 e. The third kappa shape index (κ3) is 6.95. The number of aryl methyl sites for hydroxylation is 1. The molecule has 190 valence electrons. The van der Waals surface area contributed by atoms with Crippen molar-refractivity contribution in [2.45, 2.75) is 29.8 Å². The van der Waals surface area contributed by atoms with Crippen LogP contribution >= 0.6 is 35.2 Å². The van der Waals surface area contributed by atoms with Crippen molar-refractivity contribution in [3.05, 3.63) is 22.2 Å². The average molecular weight is 555 g/mol. The van der Waals surface area contributed by atoms with Gasteiger partial charge in [0.2, 0.25) is 0 Å². The molecule has 1 aliphatic heterocycles. The molecule has 2 heterocycles. The van der Waals surface area contributed by atoms with E-state index in [0.29, 0.717) is 5.56 Å². The van der Waals surface area contributed by atoms with Crippen LogP contribution in [0.4, 0.5) is 5.82 Å². The van der Waals surface area contributed by atoms with Gasteiger partial charge in [0.05, 0.1) is 18.0 Å². The first-order valence-corrected chi connectivity index (χ1v) is 14.2. The fraction of sp³-hybridized carbons (Fsp3) is 0.692. The molecule has 0 saturated carbocycles. The minimum absolute atomic E-state index is 0.0121. The molecule has 1 fully saturated rings. The molecule has 0 radical (unpaired) electrons. The molecule has 0 spiro atoms. The van der Waals surface area contributed by atoms with Crippen LogP contribution in [0.5, 0.6) is 0 Å². The Morgan fingerprint density at radius 3 is 2.24 bits per heavy atom. The van der Waals surface area contributed by atoms with Crippen LogP contribution in [0.2, 0.25) is 0 Å². The van der Waals surface area contributed by atoms with Gasteiger partial charge in [-0.3, -0.25) is 22.7 Å². The minimum Gasteiger partial charge on any atom is -0.389 e. The molecule has 1 aromatic heterocycles. The molecule has 3 unspecified atom stereocenters. The molecule has 2 rings (SSSR count). The predicted molar refractivity (Wildman–Crippen MR) is 114 cm³/mol. The lowest BCUT2D eigenvalue weighted by Gasteiger charge is -2.23. The van der Waals surface area contributed by atoms with Crippen molar-refractivity contribution in [3.8, 4) is 0 Å². The summed E-state index contributed by atoms with van der Waals surface area (Å²) in [4.78, 5) is 25.1. The van der Waals surface area contributed by atoms with Gasteiger partial charge in [-0.15, -0.1) is 11.8 Å². The van der Waals surface area contributed by atoms with E-state index >= 15 is 0 Å².